The fourth-order valence-electron chi connectivity index (χ4n) is 1.84. The second kappa shape index (κ2) is 8.12. The lowest BCUT2D eigenvalue weighted by molar-refractivity contribution is -0.136. The molecule has 1 aromatic heterocycles. The summed E-state index contributed by atoms with van der Waals surface area (Å²) >= 11 is 1.44. The third-order valence-corrected chi connectivity index (χ3v) is 4.14. The van der Waals surface area contributed by atoms with E-state index in [2.05, 4.69) is 29.0 Å². The third kappa shape index (κ3) is 5.57. The summed E-state index contributed by atoms with van der Waals surface area (Å²) in [5, 5.41) is 12.9. The molecule has 1 aromatic rings. The first-order valence-electron chi connectivity index (χ1n) is 6.71. The number of aromatic nitrogens is 1. The number of rotatable bonds is 9. The molecule has 0 aliphatic heterocycles. The highest BCUT2D eigenvalue weighted by molar-refractivity contribution is 7.15. The number of anilines is 1. The average molecular weight is 285 g/mol. The lowest BCUT2D eigenvalue weighted by Crippen LogP contribution is -2.25. The highest BCUT2D eigenvalue weighted by Gasteiger charge is 2.10. The van der Waals surface area contributed by atoms with Crippen LogP contribution in [-0.2, 0) is 11.2 Å². The zero-order valence-electron chi connectivity index (χ0n) is 11.9. The maximum Gasteiger partial charge on any atom is 0.308 e. The average Bonchev–Trinajstić information content (AvgIpc) is 2.69. The van der Waals surface area contributed by atoms with Crippen LogP contribution in [0.15, 0.2) is 0 Å². The van der Waals surface area contributed by atoms with Crippen molar-refractivity contribution >= 4 is 22.4 Å². The predicted molar refractivity (Wildman–Crippen MR) is 79.1 cm³/mol. The van der Waals surface area contributed by atoms with Gasteiger partial charge >= 0.3 is 5.97 Å². The largest absolute Gasteiger partial charge is 0.481 e. The summed E-state index contributed by atoms with van der Waals surface area (Å²) < 4.78 is 0. The number of aliphatic carboxylic acids is 1. The van der Waals surface area contributed by atoms with Gasteiger partial charge in [0.15, 0.2) is 5.13 Å². The molecule has 19 heavy (non-hydrogen) atoms. The lowest BCUT2D eigenvalue weighted by Gasteiger charge is -2.17. The van der Waals surface area contributed by atoms with E-state index < -0.39 is 5.97 Å². The van der Waals surface area contributed by atoms with E-state index in [-0.39, 0.29) is 6.42 Å². The Hall–Kier alpha value is -1.14. The van der Waals surface area contributed by atoms with E-state index in [1.165, 1.54) is 11.3 Å². The molecule has 0 saturated heterocycles. The molecule has 0 spiro atoms. The molecule has 0 fully saturated rings. The van der Waals surface area contributed by atoms with Crippen molar-refractivity contribution in [3.05, 3.63) is 10.6 Å². The van der Waals surface area contributed by atoms with Gasteiger partial charge in [-0.05, 0) is 33.0 Å². The number of nitrogens with one attached hydrogen (secondary N) is 1. The molecule has 0 unspecified atom stereocenters. The second-order valence-corrected chi connectivity index (χ2v) is 5.49. The SMILES string of the molecule is CCN(CC)CCCNc1nc(C)c(CC(=O)O)s1. The van der Waals surface area contributed by atoms with Crippen LogP contribution in [0.3, 0.4) is 0 Å². The molecule has 1 heterocycles. The Kier molecular flexibility index (Phi) is 6.80. The van der Waals surface area contributed by atoms with Crippen LogP contribution in [0, 0.1) is 6.92 Å². The summed E-state index contributed by atoms with van der Waals surface area (Å²) in [6, 6.07) is 0. The smallest absolute Gasteiger partial charge is 0.308 e. The van der Waals surface area contributed by atoms with Gasteiger partial charge in [0.2, 0.25) is 0 Å². The Morgan fingerprint density at radius 2 is 2.11 bits per heavy atom. The molecule has 1 rings (SSSR count). The van der Waals surface area contributed by atoms with Crippen molar-refractivity contribution in [2.24, 2.45) is 0 Å². The molecule has 6 heteroatoms. The molecule has 0 aromatic carbocycles. The van der Waals surface area contributed by atoms with Crippen molar-refractivity contribution in [1.82, 2.24) is 9.88 Å². The molecule has 0 bridgehead atoms. The summed E-state index contributed by atoms with van der Waals surface area (Å²) in [4.78, 5) is 18.2. The molecule has 5 nitrogen and oxygen atoms in total. The molecular formula is C13H23N3O2S. The fraction of sp³-hybridized carbons (Fsp3) is 0.692. The van der Waals surface area contributed by atoms with Gasteiger partial charge in [0.1, 0.15) is 0 Å². The first kappa shape index (κ1) is 15.9. The zero-order chi connectivity index (χ0) is 14.3. The number of carbonyl (C=O) groups is 1. The van der Waals surface area contributed by atoms with Gasteiger partial charge < -0.3 is 15.3 Å². The van der Waals surface area contributed by atoms with Crippen molar-refractivity contribution in [2.45, 2.75) is 33.6 Å². The molecule has 2 N–H and O–H groups in total. The summed E-state index contributed by atoms with van der Waals surface area (Å²) in [5.74, 6) is -0.806. The quantitative estimate of drug-likeness (QED) is 0.681. The number of hydrogen-bond acceptors (Lipinski definition) is 5. The standard InChI is InChI=1S/C13H23N3O2S/c1-4-16(5-2)8-6-7-14-13-15-10(3)11(19-13)9-12(17)18/h4-9H2,1-3H3,(H,14,15)(H,17,18). The van der Waals surface area contributed by atoms with Crippen LogP contribution in [0.4, 0.5) is 5.13 Å². The summed E-state index contributed by atoms with van der Waals surface area (Å²) in [6.45, 7) is 10.3. The minimum absolute atomic E-state index is 0.0601. The van der Waals surface area contributed by atoms with Crippen molar-refractivity contribution in [3.8, 4) is 0 Å². The summed E-state index contributed by atoms with van der Waals surface area (Å²) in [7, 11) is 0. The van der Waals surface area contributed by atoms with Gasteiger partial charge in [0, 0.05) is 11.4 Å². The van der Waals surface area contributed by atoms with Crippen LogP contribution < -0.4 is 5.32 Å². The van der Waals surface area contributed by atoms with Gasteiger partial charge in [-0.2, -0.15) is 0 Å². The Balaban J connectivity index is 2.35. The van der Waals surface area contributed by atoms with Crippen molar-refractivity contribution < 1.29 is 9.90 Å². The number of hydrogen-bond donors (Lipinski definition) is 2. The van der Waals surface area contributed by atoms with Crippen LogP contribution in [0.2, 0.25) is 0 Å². The van der Waals surface area contributed by atoms with E-state index in [1.807, 2.05) is 6.92 Å². The number of thiazole rings is 1. The Labute approximate surface area is 118 Å². The van der Waals surface area contributed by atoms with Gasteiger partial charge in [-0.15, -0.1) is 11.3 Å². The number of aryl methyl sites for hydroxylation is 1. The molecular weight excluding hydrogens is 262 g/mol. The normalized spacial score (nSPS) is 10.9. The zero-order valence-corrected chi connectivity index (χ0v) is 12.7. The number of carboxylic acids is 1. The molecule has 0 aliphatic rings. The topological polar surface area (TPSA) is 65.5 Å². The molecule has 0 radical (unpaired) electrons. The van der Waals surface area contributed by atoms with Crippen LogP contribution >= 0.6 is 11.3 Å². The van der Waals surface area contributed by atoms with E-state index in [4.69, 9.17) is 5.11 Å². The van der Waals surface area contributed by atoms with E-state index in [0.29, 0.717) is 0 Å². The van der Waals surface area contributed by atoms with Gasteiger partial charge in [-0.1, -0.05) is 13.8 Å². The molecule has 0 saturated carbocycles. The van der Waals surface area contributed by atoms with Gasteiger partial charge in [0.25, 0.3) is 0 Å². The Morgan fingerprint density at radius 3 is 2.68 bits per heavy atom. The molecule has 108 valence electrons. The van der Waals surface area contributed by atoms with Crippen LogP contribution in [0.5, 0.6) is 0 Å². The van der Waals surface area contributed by atoms with Crippen LogP contribution in [-0.4, -0.2) is 47.1 Å². The van der Waals surface area contributed by atoms with Crippen LogP contribution in [0.1, 0.15) is 30.8 Å². The van der Waals surface area contributed by atoms with Gasteiger partial charge in [-0.25, -0.2) is 4.98 Å². The van der Waals surface area contributed by atoms with E-state index in [9.17, 15) is 4.79 Å². The molecule has 0 atom stereocenters. The van der Waals surface area contributed by atoms with Crippen molar-refractivity contribution in [2.75, 3.05) is 31.5 Å². The van der Waals surface area contributed by atoms with E-state index in [0.717, 1.165) is 48.3 Å². The van der Waals surface area contributed by atoms with E-state index in [1.54, 1.807) is 0 Å². The third-order valence-electron chi connectivity index (χ3n) is 3.03. The van der Waals surface area contributed by atoms with Crippen molar-refractivity contribution in [1.29, 1.82) is 0 Å². The number of carboxylic acid groups (broad SMARTS) is 1. The van der Waals surface area contributed by atoms with E-state index >= 15 is 0 Å². The minimum atomic E-state index is -0.806. The van der Waals surface area contributed by atoms with Crippen LogP contribution in [0.25, 0.3) is 0 Å². The minimum Gasteiger partial charge on any atom is -0.481 e. The van der Waals surface area contributed by atoms with Gasteiger partial charge in [-0.3, -0.25) is 4.79 Å². The highest BCUT2D eigenvalue weighted by Crippen LogP contribution is 2.22. The highest BCUT2D eigenvalue weighted by atomic mass is 32.1. The summed E-state index contributed by atoms with van der Waals surface area (Å²) in [6.07, 6.45) is 1.12. The Morgan fingerprint density at radius 1 is 1.42 bits per heavy atom. The molecule has 0 aliphatic carbocycles. The lowest BCUT2D eigenvalue weighted by atomic mass is 10.3. The summed E-state index contributed by atoms with van der Waals surface area (Å²) in [5.41, 5.74) is 0.818. The molecule has 0 amide bonds. The second-order valence-electron chi connectivity index (χ2n) is 4.41. The maximum absolute atomic E-state index is 10.7. The van der Waals surface area contributed by atoms with Gasteiger partial charge in [0.05, 0.1) is 12.1 Å². The monoisotopic (exact) mass is 285 g/mol. The number of nitrogens with zero attached hydrogens (tertiary/aromatic N) is 2. The van der Waals surface area contributed by atoms with Crippen molar-refractivity contribution in [3.63, 3.8) is 0 Å². The Bertz CT molecular complexity index is 403. The first-order valence-corrected chi connectivity index (χ1v) is 7.52. The predicted octanol–water partition coefficient (Wildman–Crippen LogP) is 2.22. The maximum atomic E-state index is 10.7. The fourth-order valence-corrected chi connectivity index (χ4v) is 2.82. The first-order chi connectivity index (χ1) is 9.06.